The van der Waals surface area contributed by atoms with Crippen LogP contribution in [0.3, 0.4) is 0 Å². The zero-order valence-electron chi connectivity index (χ0n) is 12.4. The number of fused-ring (bicyclic) bond motifs is 1. The first kappa shape index (κ1) is 14.7. The van der Waals surface area contributed by atoms with E-state index in [0.29, 0.717) is 0 Å². The topological polar surface area (TPSA) is 60.5 Å². The maximum Gasteiger partial charge on any atom is 0.235 e. The lowest BCUT2D eigenvalue weighted by molar-refractivity contribution is -0.400. The van der Waals surface area contributed by atoms with E-state index in [4.69, 9.17) is 4.74 Å². The lowest BCUT2D eigenvalue weighted by atomic mass is 10.2. The zero-order valence-corrected chi connectivity index (χ0v) is 12.4. The molecule has 1 aromatic heterocycles. The van der Waals surface area contributed by atoms with Crippen molar-refractivity contribution in [2.45, 2.75) is 6.54 Å². The molecule has 1 saturated heterocycles. The predicted molar refractivity (Wildman–Crippen MR) is 85.2 cm³/mol. The number of hydrogen-bond donors (Lipinski definition) is 0. The van der Waals surface area contributed by atoms with E-state index in [1.165, 1.54) is 0 Å². The molecule has 1 aliphatic rings. The molecule has 0 amide bonds. The van der Waals surface area contributed by atoms with Crippen molar-refractivity contribution >= 4 is 17.0 Å². The SMILES string of the molecule is O=[N+]([O-])/C=C/c1cn(CCN2CCOCC2)c2ccccc12. The number of aromatic nitrogens is 1. The molecular formula is C16H19N3O3. The van der Waals surface area contributed by atoms with Crippen molar-refractivity contribution in [2.24, 2.45) is 0 Å². The van der Waals surface area contributed by atoms with Gasteiger partial charge in [0, 0.05) is 54.9 Å². The molecule has 6 heteroatoms. The van der Waals surface area contributed by atoms with E-state index in [9.17, 15) is 10.1 Å². The molecule has 116 valence electrons. The van der Waals surface area contributed by atoms with E-state index in [1.807, 2.05) is 24.4 Å². The molecule has 0 saturated carbocycles. The van der Waals surface area contributed by atoms with Crippen molar-refractivity contribution in [3.8, 4) is 0 Å². The normalized spacial score (nSPS) is 16.5. The number of para-hydroxylation sites is 1. The first-order chi connectivity index (χ1) is 10.7. The molecule has 22 heavy (non-hydrogen) atoms. The molecule has 3 rings (SSSR count). The molecular weight excluding hydrogens is 282 g/mol. The van der Waals surface area contributed by atoms with E-state index in [2.05, 4.69) is 15.5 Å². The molecule has 0 bridgehead atoms. The predicted octanol–water partition coefficient (Wildman–Crippen LogP) is 2.22. The van der Waals surface area contributed by atoms with Crippen LogP contribution in [0.4, 0.5) is 0 Å². The third kappa shape index (κ3) is 3.35. The van der Waals surface area contributed by atoms with Gasteiger partial charge in [0.15, 0.2) is 0 Å². The van der Waals surface area contributed by atoms with Crippen molar-refractivity contribution in [3.63, 3.8) is 0 Å². The van der Waals surface area contributed by atoms with Gasteiger partial charge in [-0.15, -0.1) is 0 Å². The van der Waals surface area contributed by atoms with Crippen molar-refractivity contribution in [1.29, 1.82) is 0 Å². The van der Waals surface area contributed by atoms with Gasteiger partial charge in [0.1, 0.15) is 0 Å². The Morgan fingerprint density at radius 2 is 2.00 bits per heavy atom. The second-order valence-corrected chi connectivity index (χ2v) is 5.35. The summed E-state index contributed by atoms with van der Waals surface area (Å²) in [5, 5.41) is 11.6. The lowest BCUT2D eigenvalue weighted by Crippen LogP contribution is -2.38. The summed E-state index contributed by atoms with van der Waals surface area (Å²) in [5.41, 5.74) is 1.99. The monoisotopic (exact) mass is 301 g/mol. The Labute approximate surface area is 128 Å². The van der Waals surface area contributed by atoms with Crippen molar-refractivity contribution in [1.82, 2.24) is 9.47 Å². The molecule has 1 fully saturated rings. The van der Waals surface area contributed by atoms with Crippen LogP contribution in [-0.2, 0) is 11.3 Å². The van der Waals surface area contributed by atoms with Crippen LogP contribution in [0.2, 0.25) is 0 Å². The number of ether oxygens (including phenoxy) is 1. The van der Waals surface area contributed by atoms with Gasteiger partial charge in [-0.1, -0.05) is 18.2 Å². The highest BCUT2D eigenvalue weighted by Gasteiger charge is 2.12. The fraction of sp³-hybridized carbons (Fsp3) is 0.375. The maximum atomic E-state index is 10.5. The molecule has 1 aromatic carbocycles. The molecule has 6 nitrogen and oxygen atoms in total. The Kier molecular flexibility index (Phi) is 4.50. The molecule has 0 radical (unpaired) electrons. The molecule has 1 aliphatic heterocycles. The average molecular weight is 301 g/mol. The summed E-state index contributed by atoms with van der Waals surface area (Å²) >= 11 is 0. The van der Waals surface area contributed by atoms with Crippen LogP contribution in [0, 0.1) is 10.1 Å². The first-order valence-electron chi connectivity index (χ1n) is 7.44. The van der Waals surface area contributed by atoms with Crippen LogP contribution in [-0.4, -0.2) is 47.2 Å². The Hall–Kier alpha value is -2.18. The minimum absolute atomic E-state index is 0.431. The molecule has 0 aliphatic carbocycles. The van der Waals surface area contributed by atoms with Gasteiger partial charge >= 0.3 is 0 Å². The van der Waals surface area contributed by atoms with Gasteiger partial charge in [-0.25, -0.2) is 0 Å². The summed E-state index contributed by atoms with van der Waals surface area (Å²) in [6.45, 7) is 5.35. The van der Waals surface area contributed by atoms with Gasteiger partial charge in [0.25, 0.3) is 0 Å². The van der Waals surface area contributed by atoms with Crippen LogP contribution in [0.15, 0.2) is 36.7 Å². The molecule has 0 unspecified atom stereocenters. The summed E-state index contributed by atoms with van der Waals surface area (Å²) in [6.07, 6.45) is 4.55. The number of nitrogens with zero attached hydrogens (tertiary/aromatic N) is 3. The summed E-state index contributed by atoms with van der Waals surface area (Å²) in [6, 6.07) is 8.01. The second-order valence-electron chi connectivity index (χ2n) is 5.35. The van der Waals surface area contributed by atoms with Crippen LogP contribution >= 0.6 is 0 Å². The van der Waals surface area contributed by atoms with Gasteiger partial charge in [-0.3, -0.25) is 15.0 Å². The highest BCUT2D eigenvalue weighted by molar-refractivity contribution is 5.89. The molecule has 0 spiro atoms. The van der Waals surface area contributed by atoms with Crippen LogP contribution in [0.5, 0.6) is 0 Å². The number of nitro groups is 1. The Bertz CT molecular complexity index is 687. The van der Waals surface area contributed by atoms with E-state index in [1.54, 1.807) is 6.08 Å². The van der Waals surface area contributed by atoms with E-state index in [0.717, 1.165) is 62.1 Å². The van der Waals surface area contributed by atoms with Gasteiger partial charge < -0.3 is 9.30 Å². The lowest BCUT2D eigenvalue weighted by Gasteiger charge is -2.26. The third-order valence-electron chi connectivity index (χ3n) is 3.96. The van der Waals surface area contributed by atoms with Gasteiger partial charge in [-0.2, -0.15) is 0 Å². The Morgan fingerprint density at radius 1 is 1.23 bits per heavy atom. The minimum Gasteiger partial charge on any atom is -0.379 e. The van der Waals surface area contributed by atoms with Crippen LogP contribution < -0.4 is 0 Å². The second kappa shape index (κ2) is 6.72. The highest BCUT2D eigenvalue weighted by Crippen LogP contribution is 2.22. The molecule has 2 aromatic rings. The smallest absolute Gasteiger partial charge is 0.235 e. The van der Waals surface area contributed by atoms with Gasteiger partial charge in [0.05, 0.1) is 18.1 Å². The average Bonchev–Trinajstić information content (AvgIpc) is 2.90. The number of rotatable bonds is 5. The summed E-state index contributed by atoms with van der Waals surface area (Å²) in [4.78, 5) is 12.5. The fourth-order valence-corrected chi connectivity index (χ4v) is 2.81. The minimum atomic E-state index is -0.431. The number of hydrogen-bond acceptors (Lipinski definition) is 4. The van der Waals surface area contributed by atoms with Crippen LogP contribution in [0.25, 0.3) is 17.0 Å². The highest BCUT2D eigenvalue weighted by atomic mass is 16.6. The zero-order chi connectivity index (χ0) is 15.4. The van der Waals surface area contributed by atoms with Crippen molar-refractivity contribution in [2.75, 3.05) is 32.8 Å². The van der Waals surface area contributed by atoms with E-state index in [-0.39, 0.29) is 0 Å². The summed E-state index contributed by atoms with van der Waals surface area (Å²) in [7, 11) is 0. The maximum absolute atomic E-state index is 10.5. The summed E-state index contributed by atoms with van der Waals surface area (Å²) < 4.78 is 7.53. The largest absolute Gasteiger partial charge is 0.379 e. The molecule has 0 N–H and O–H groups in total. The Morgan fingerprint density at radius 3 is 2.77 bits per heavy atom. The molecule has 2 heterocycles. The van der Waals surface area contributed by atoms with Crippen molar-refractivity contribution in [3.05, 3.63) is 52.3 Å². The van der Waals surface area contributed by atoms with Crippen molar-refractivity contribution < 1.29 is 9.66 Å². The number of morpholine rings is 1. The standard InChI is InChI=1S/C16H19N3O3/c20-19(21)6-5-14-13-18(16-4-2-1-3-15(14)16)8-7-17-9-11-22-12-10-17/h1-6,13H,7-12H2/b6-5+. The first-order valence-corrected chi connectivity index (χ1v) is 7.44. The van der Waals surface area contributed by atoms with E-state index >= 15 is 0 Å². The van der Waals surface area contributed by atoms with Crippen LogP contribution in [0.1, 0.15) is 5.56 Å². The van der Waals surface area contributed by atoms with Gasteiger partial charge in [-0.05, 0) is 6.07 Å². The third-order valence-corrected chi connectivity index (χ3v) is 3.96. The quantitative estimate of drug-likeness (QED) is 0.627. The Balaban J connectivity index is 1.81. The fourth-order valence-electron chi connectivity index (χ4n) is 2.81. The van der Waals surface area contributed by atoms with E-state index < -0.39 is 4.92 Å². The molecule has 0 atom stereocenters. The summed E-state index contributed by atoms with van der Waals surface area (Å²) in [5.74, 6) is 0. The number of benzene rings is 1. The van der Waals surface area contributed by atoms with Gasteiger partial charge in [0.2, 0.25) is 6.20 Å².